The van der Waals surface area contributed by atoms with E-state index in [9.17, 15) is 0 Å². The Balaban J connectivity index is 1.97. The lowest BCUT2D eigenvalue weighted by Gasteiger charge is -2.15. The Kier molecular flexibility index (Phi) is 4.11. The lowest BCUT2D eigenvalue weighted by atomic mass is 9.97. The number of hydrogen-bond acceptors (Lipinski definition) is 2. The van der Waals surface area contributed by atoms with Crippen LogP contribution in [-0.2, 0) is 0 Å². The summed E-state index contributed by atoms with van der Waals surface area (Å²) in [7, 11) is 0. The number of thioether (sulfide) groups is 1. The molecule has 0 saturated carbocycles. The Bertz CT molecular complexity index is 1330. The van der Waals surface area contributed by atoms with Gasteiger partial charge in [0.1, 0.15) is 0 Å². The Morgan fingerprint density at radius 1 is 0.929 bits per heavy atom. The first-order valence-electron chi connectivity index (χ1n) is 9.00. The number of aromatic nitrogens is 2. The molecule has 3 heterocycles. The topological polar surface area (TPSA) is 31.6 Å². The maximum Gasteiger partial charge on any atom is 0.0476 e. The highest BCUT2D eigenvalue weighted by Gasteiger charge is 2.22. The van der Waals surface area contributed by atoms with Gasteiger partial charge in [-0.25, -0.2) is 0 Å². The summed E-state index contributed by atoms with van der Waals surface area (Å²) in [5, 5.41) is 4.32. The molecule has 2 N–H and O–H groups in total. The zero-order valence-corrected chi connectivity index (χ0v) is 16.8. The molecule has 0 aliphatic carbocycles. The van der Waals surface area contributed by atoms with Crippen molar-refractivity contribution in [1.82, 2.24) is 9.97 Å². The molecule has 5 rings (SSSR count). The van der Waals surface area contributed by atoms with Crippen LogP contribution in [0.5, 0.6) is 0 Å². The average Bonchev–Trinajstić information content (AvgIpc) is 3.26. The predicted octanol–water partition coefficient (Wildman–Crippen LogP) is 7.49. The molecule has 1 aliphatic heterocycles. The molecule has 0 spiro atoms. The SMILES string of the molecule is C=Cc1[nH]c2c(c1C=C)-c1ccc3[nH]c4ccccc4c3c1SC(=C\S)/C=C\2. The summed E-state index contributed by atoms with van der Waals surface area (Å²) in [6, 6.07) is 12.8. The summed E-state index contributed by atoms with van der Waals surface area (Å²) < 4.78 is 0. The molecule has 0 atom stereocenters. The number of para-hydroxylation sites is 1. The third kappa shape index (κ3) is 2.45. The summed E-state index contributed by atoms with van der Waals surface area (Å²) in [6.45, 7) is 8.01. The molecule has 1 aliphatic rings. The number of hydrogen-bond donors (Lipinski definition) is 3. The zero-order chi connectivity index (χ0) is 19.3. The van der Waals surface area contributed by atoms with Gasteiger partial charge in [0.15, 0.2) is 0 Å². The molecule has 0 unspecified atom stereocenters. The monoisotopic (exact) mass is 398 g/mol. The fourth-order valence-corrected chi connectivity index (χ4v) is 5.21. The molecule has 0 fully saturated rings. The second kappa shape index (κ2) is 6.66. The molecule has 2 nitrogen and oxygen atoms in total. The van der Waals surface area contributed by atoms with Gasteiger partial charge in [0.25, 0.3) is 0 Å². The molecule has 0 saturated heterocycles. The van der Waals surface area contributed by atoms with Gasteiger partial charge in [-0.15, -0.1) is 0 Å². The summed E-state index contributed by atoms with van der Waals surface area (Å²) in [6.07, 6.45) is 7.96. The minimum Gasteiger partial charge on any atom is -0.355 e. The highest BCUT2D eigenvalue weighted by Crippen LogP contribution is 2.47. The first kappa shape index (κ1) is 17.3. The van der Waals surface area contributed by atoms with Gasteiger partial charge in [-0.2, -0.15) is 12.6 Å². The van der Waals surface area contributed by atoms with Crippen molar-refractivity contribution in [2.45, 2.75) is 4.90 Å². The largest absolute Gasteiger partial charge is 0.355 e. The van der Waals surface area contributed by atoms with Crippen molar-refractivity contribution in [3.63, 3.8) is 0 Å². The number of rotatable bonds is 2. The maximum absolute atomic E-state index is 4.44. The second-order valence-corrected chi connectivity index (χ2v) is 7.99. The molecule has 0 radical (unpaired) electrons. The van der Waals surface area contributed by atoms with Gasteiger partial charge in [0.2, 0.25) is 0 Å². The minimum absolute atomic E-state index is 0.984. The Labute approximate surface area is 173 Å². The Morgan fingerprint density at radius 2 is 1.79 bits per heavy atom. The van der Waals surface area contributed by atoms with Gasteiger partial charge in [0, 0.05) is 54.1 Å². The fourth-order valence-electron chi connectivity index (χ4n) is 3.94. The van der Waals surface area contributed by atoms with Gasteiger partial charge < -0.3 is 9.97 Å². The van der Waals surface area contributed by atoms with Crippen molar-refractivity contribution in [3.05, 3.63) is 82.9 Å². The van der Waals surface area contributed by atoms with Crippen molar-refractivity contribution in [1.29, 1.82) is 0 Å². The molecule has 4 heteroatoms. The van der Waals surface area contributed by atoms with Gasteiger partial charge in [-0.1, -0.05) is 55.3 Å². The van der Waals surface area contributed by atoms with E-state index >= 15 is 0 Å². The van der Waals surface area contributed by atoms with Crippen LogP contribution in [0.2, 0.25) is 0 Å². The van der Waals surface area contributed by atoms with Crippen LogP contribution >= 0.6 is 24.4 Å². The van der Waals surface area contributed by atoms with Crippen LogP contribution in [0.1, 0.15) is 17.0 Å². The van der Waals surface area contributed by atoms with Crippen molar-refractivity contribution in [2.75, 3.05) is 0 Å². The third-order valence-electron chi connectivity index (χ3n) is 5.16. The van der Waals surface area contributed by atoms with Crippen LogP contribution in [0.15, 0.2) is 70.8 Å². The lowest BCUT2D eigenvalue weighted by molar-refractivity contribution is 1.34. The van der Waals surface area contributed by atoms with E-state index in [-0.39, 0.29) is 0 Å². The molecule has 0 bridgehead atoms. The summed E-state index contributed by atoms with van der Waals surface area (Å²) >= 11 is 6.18. The number of nitrogens with one attached hydrogen (secondary N) is 2. The second-order valence-electron chi connectivity index (χ2n) is 6.65. The van der Waals surface area contributed by atoms with Crippen LogP contribution in [0.25, 0.3) is 51.2 Å². The summed E-state index contributed by atoms with van der Waals surface area (Å²) in [4.78, 5) is 9.35. The molecule has 0 amide bonds. The molecule has 2 aromatic carbocycles. The first-order valence-corrected chi connectivity index (χ1v) is 10.3. The van der Waals surface area contributed by atoms with Gasteiger partial charge in [-0.3, -0.25) is 0 Å². The number of H-pyrrole nitrogens is 2. The van der Waals surface area contributed by atoms with Crippen LogP contribution in [-0.4, -0.2) is 9.97 Å². The number of benzene rings is 2. The zero-order valence-electron chi connectivity index (χ0n) is 15.1. The fraction of sp³-hybridized carbons (Fsp3) is 0. The van der Waals surface area contributed by atoms with Crippen molar-refractivity contribution in [2.24, 2.45) is 0 Å². The van der Waals surface area contributed by atoms with Gasteiger partial charge in [-0.05, 0) is 41.3 Å². The molecule has 28 heavy (non-hydrogen) atoms. The van der Waals surface area contributed by atoms with E-state index in [1.54, 1.807) is 11.8 Å². The first-order chi connectivity index (χ1) is 13.7. The minimum atomic E-state index is 0.984. The van der Waals surface area contributed by atoms with E-state index in [1.165, 1.54) is 21.2 Å². The van der Waals surface area contributed by atoms with Crippen molar-refractivity contribution in [3.8, 4) is 11.1 Å². The Morgan fingerprint density at radius 3 is 2.57 bits per heavy atom. The molecular weight excluding hydrogens is 380 g/mol. The maximum atomic E-state index is 4.44. The molecule has 4 aromatic rings. The smallest absolute Gasteiger partial charge is 0.0476 e. The van der Waals surface area contributed by atoms with E-state index in [1.807, 2.05) is 17.6 Å². The third-order valence-corrected chi connectivity index (χ3v) is 6.73. The normalized spacial score (nSPS) is 15.8. The number of aromatic amines is 2. The molecule has 2 aromatic heterocycles. The van der Waals surface area contributed by atoms with E-state index in [0.717, 1.165) is 38.5 Å². The number of thiol groups is 1. The van der Waals surface area contributed by atoms with Crippen LogP contribution in [0, 0.1) is 0 Å². The van der Waals surface area contributed by atoms with Gasteiger partial charge in [0.05, 0.1) is 0 Å². The number of allylic oxidation sites excluding steroid dienone is 1. The summed E-state index contributed by atoms with van der Waals surface area (Å²) in [5.41, 5.74) is 7.75. The quantitative estimate of drug-likeness (QED) is 0.300. The van der Waals surface area contributed by atoms with Crippen LogP contribution in [0.4, 0.5) is 0 Å². The van der Waals surface area contributed by atoms with E-state index in [4.69, 9.17) is 0 Å². The molecular formula is C24H18N2S2. The van der Waals surface area contributed by atoms with Gasteiger partial charge >= 0.3 is 0 Å². The van der Waals surface area contributed by atoms with Crippen molar-refractivity contribution < 1.29 is 0 Å². The Hall–Kier alpha value is -2.82. The highest BCUT2D eigenvalue weighted by molar-refractivity contribution is 8.04. The van der Waals surface area contributed by atoms with Crippen LogP contribution < -0.4 is 0 Å². The number of fused-ring (bicyclic) bond motifs is 7. The molecule has 136 valence electrons. The van der Waals surface area contributed by atoms with E-state index in [0.29, 0.717) is 0 Å². The van der Waals surface area contributed by atoms with E-state index in [2.05, 4.69) is 84.3 Å². The lowest BCUT2D eigenvalue weighted by Crippen LogP contribution is -1.90. The predicted molar refractivity (Wildman–Crippen MR) is 128 cm³/mol. The van der Waals surface area contributed by atoms with Crippen molar-refractivity contribution >= 4 is 64.4 Å². The standard InChI is InChI=1S/C24H18N2S2/c1-3-15-18(4-2)25-20-11-9-14(13-27)28-24-17(22(15)20)10-12-21-23(24)16-7-5-6-8-19(16)26-21/h3-13,25-27H,1-2H2/b11-9-,14-13-. The van der Waals surface area contributed by atoms with E-state index < -0.39 is 0 Å². The summed E-state index contributed by atoms with van der Waals surface area (Å²) in [5.74, 6) is 0. The average molecular weight is 399 g/mol. The van der Waals surface area contributed by atoms with Crippen LogP contribution in [0.3, 0.4) is 0 Å². The highest BCUT2D eigenvalue weighted by atomic mass is 32.2.